The van der Waals surface area contributed by atoms with Gasteiger partial charge in [0.05, 0.1) is 38.6 Å². The van der Waals surface area contributed by atoms with Gasteiger partial charge in [0, 0.05) is 19.4 Å². The van der Waals surface area contributed by atoms with Crippen molar-refractivity contribution in [2.24, 2.45) is 52.3 Å². The summed E-state index contributed by atoms with van der Waals surface area (Å²) in [7, 11) is 1.73. The van der Waals surface area contributed by atoms with Gasteiger partial charge in [-0.25, -0.2) is 0 Å². The molecule has 0 spiro atoms. The van der Waals surface area contributed by atoms with Crippen molar-refractivity contribution in [2.75, 3.05) is 33.5 Å². The highest BCUT2D eigenvalue weighted by Crippen LogP contribution is 2.71. The maximum absolute atomic E-state index is 11.2. The van der Waals surface area contributed by atoms with Gasteiger partial charge in [0.25, 0.3) is 0 Å². The fourth-order valence-electron chi connectivity index (χ4n) is 14.5. The van der Waals surface area contributed by atoms with Gasteiger partial charge in [-0.1, -0.05) is 27.7 Å². The summed E-state index contributed by atoms with van der Waals surface area (Å²) in [6, 6.07) is 0. The van der Waals surface area contributed by atoms with Gasteiger partial charge in [-0.3, -0.25) is 0 Å². The largest absolute Gasteiger partial charge is 0.394 e. The third-order valence-corrected chi connectivity index (χ3v) is 18.3. The van der Waals surface area contributed by atoms with Crippen molar-refractivity contribution < 1.29 is 94.1 Å². The van der Waals surface area contributed by atoms with Crippen LogP contribution in [0.3, 0.4) is 0 Å². The van der Waals surface area contributed by atoms with E-state index in [1.165, 1.54) is 0 Å². The lowest BCUT2D eigenvalue weighted by molar-refractivity contribution is -0.373. The molecule has 0 aromatic heterocycles. The maximum Gasteiger partial charge on any atom is 0.187 e. The maximum atomic E-state index is 11.2. The van der Waals surface area contributed by atoms with Crippen LogP contribution in [0.5, 0.6) is 0 Å². The zero-order chi connectivity index (χ0) is 46.9. The van der Waals surface area contributed by atoms with E-state index >= 15 is 0 Å². The Labute approximate surface area is 381 Å². The third-order valence-electron chi connectivity index (χ3n) is 18.3. The average molecular weight is 935 g/mol. The van der Waals surface area contributed by atoms with E-state index in [2.05, 4.69) is 20.8 Å². The zero-order valence-corrected chi connectivity index (χ0v) is 38.4. The van der Waals surface area contributed by atoms with Crippen LogP contribution >= 0.6 is 0 Å². The van der Waals surface area contributed by atoms with Crippen molar-refractivity contribution in [3.63, 3.8) is 0 Å². The van der Waals surface area contributed by atoms with E-state index in [4.69, 9.17) is 37.9 Å². The molecule has 65 heavy (non-hydrogen) atoms. The fraction of sp³-hybridized carbons (Fsp3) is 1.00. The first-order valence-electron chi connectivity index (χ1n) is 24.2. The number of rotatable bonds is 14. The lowest BCUT2D eigenvalue weighted by Gasteiger charge is -2.61. The van der Waals surface area contributed by atoms with Crippen molar-refractivity contribution >= 4 is 0 Å². The van der Waals surface area contributed by atoms with E-state index in [-0.39, 0.29) is 41.5 Å². The van der Waals surface area contributed by atoms with Crippen LogP contribution in [-0.4, -0.2) is 200 Å². The fourth-order valence-corrected chi connectivity index (χ4v) is 14.5. The molecule has 1 unspecified atom stereocenters. The molecule has 19 heteroatoms. The molecule has 4 heterocycles. The number of ether oxygens (including phenoxy) is 8. The summed E-state index contributed by atoms with van der Waals surface area (Å²) in [5, 5.41) is 113. The lowest BCUT2D eigenvalue weighted by Crippen LogP contribution is -2.65. The highest BCUT2D eigenvalue weighted by Gasteiger charge is 2.69. The molecule has 27 atom stereocenters. The molecular formula is C46H78O19. The van der Waals surface area contributed by atoms with E-state index < -0.39 is 118 Å². The van der Waals surface area contributed by atoms with Crippen molar-refractivity contribution in [3.8, 4) is 0 Å². The van der Waals surface area contributed by atoms with Crippen LogP contribution < -0.4 is 0 Å². The van der Waals surface area contributed by atoms with E-state index in [9.17, 15) is 56.2 Å². The monoisotopic (exact) mass is 935 g/mol. The minimum atomic E-state index is -1.74. The van der Waals surface area contributed by atoms with Crippen LogP contribution in [0.1, 0.15) is 91.9 Å². The van der Waals surface area contributed by atoms with Gasteiger partial charge >= 0.3 is 0 Å². The Morgan fingerprint density at radius 1 is 0.631 bits per heavy atom. The Morgan fingerprint density at radius 2 is 1.22 bits per heavy atom. The van der Waals surface area contributed by atoms with Gasteiger partial charge in [-0.05, 0) is 104 Å². The van der Waals surface area contributed by atoms with Gasteiger partial charge in [0.1, 0.15) is 73.2 Å². The molecule has 19 nitrogen and oxygen atoms in total. The highest BCUT2D eigenvalue weighted by atomic mass is 16.8. The molecule has 4 aliphatic carbocycles. The van der Waals surface area contributed by atoms with Crippen LogP contribution in [0.2, 0.25) is 0 Å². The smallest absolute Gasteiger partial charge is 0.187 e. The Hall–Kier alpha value is -0.760. The van der Waals surface area contributed by atoms with E-state index in [1.807, 2.05) is 6.92 Å². The van der Waals surface area contributed by atoms with Gasteiger partial charge in [0.15, 0.2) is 24.7 Å². The topological polar surface area (TPSA) is 296 Å². The normalized spacial score (nSPS) is 54.9. The van der Waals surface area contributed by atoms with Gasteiger partial charge in [-0.2, -0.15) is 0 Å². The molecule has 8 fully saturated rings. The van der Waals surface area contributed by atoms with E-state index in [0.717, 1.165) is 44.9 Å². The van der Waals surface area contributed by atoms with Gasteiger partial charge in [0.2, 0.25) is 0 Å². The number of methoxy groups -OCH3 is 1. The second kappa shape index (κ2) is 19.8. The first-order chi connectivity index (χ1) is 30.9. The Morgan fingerprint density at radius 3 is 1.85 bits per heavy atom. The van der Waals surface area contributed by atoms with Crippen molar-refractivity contribution in [1.82, 2.24) is 0 Å². The third kappa shape index (κ3) is 8.90. The van der Waals surface area contributed by atoms with Crippen molar-refractivity contribution in [1.29, 1.82) is 0 Å². The molecule has 376 valence electrons. The standard InChI is InChI=1S/C46H78O19/c1-20(19-59-41-38(56)35(53)32(50)28(16-47)61-41)8-13-46(58-5)21(2)31-27(65-46)15-26-24-7-6-22-14-23(9-11-44(22,3)25(24)10-12-45(26,31)4)60-43-40(37(55)34(52)30(18-49)63-43)64-42-39(57)36(54)33(51)29(17-48)62-42/h20-43,47-57H,6-19H2,1-5H3/t20-,21-,22+,23-,24+,25-,26-,27-,28+,29+,30+,31-,32+,33+,34+,35-,36-,37-,38+,39+,40+,41+,42-,43+,44-,45-,46?/m0/s1. The molecular weight excluding hydrogens is 856 g/mol. The lowest BCUT2D eigenvalue weighted by atomic mass is 9.44. The molecule has 0 amide bonds. The van der Waals surface area contributed by atoms with E-state index in [0.29, 0.717) is 48.9 Å². The predicted octanol–water partition coefficient (Wildman–Crippen LogP) is -1.13. The number of fused-ring (bicyclic) bond motifs is 7. The summed E-state index contributed by atoms with van der Waals surface area (Å²) in [5.41, 5.74) is 0.150. The number of aliphatic hydroxyl groups excluding tert-OH is 11. The second-order valence-electron chi connectivity index (χ2n) is 21.6. The van der Waals surface area contributed by atoms with Crippen LogP contribution in [0.25, 0.3) is 0 Å². The SMILES string of the molecule is COC1(CC[C@H](C)CO[C@@H]2O[C@H](CO)[C@@H](O)[C@H](O)[C@H]2O)O[C@H]2C[C@H]3[C@@H]4CC[C@@H]5C[C@@H](O[C@@H]6O[C@H](CO)[C@@H](O)[C@H](O)[C@H]6O[C@@H]6O[C@H](CO)[C@@H](O)[C@H](O)[C@H]6O)CC[C@]5(C)[C@H]4CC[C@]3(C)[C@H]2[C@@H]1C. The molecule has 0 radical (unpaired) electrons. The van der Waals surface area contributed by atoms with Crippen LogP contribution in [0.15, 0.2) is 0 Å². The molecule has 0 aromatic rings. The van der Waals surface area contributed by atoms with Crippen LogP contribution in [0, 0.1) is 52.3 Å². The number of aliphatic hydroxyl groups is 11. The van der Waals surface area contributed by atoms with Gasteiger partial charge < -0.3 is 94.1 Å². The summed E-state index contributed by atoms with van der Waals surface area (Å²) in [6.07, 6.45) is -12.7. The summed E-state index contributed by atoms with van der Waals surface area (Å²) in [5.74, 6) is 1.67. The molecule has 4 aliphatic heterocycles. The summed E-state index contributed by atoms with van der Waals surface area (Å²) < 4.78 is 48.8. The summed E-state index contributed by atoms with van der Waals surface area (Å²) >= 11 is 0. The molecule has 8 rings (SSSR count). The molecule has 4 saturated heterocycles. The Balaban J connectivity index is 0.880. The number of hydrogen-bond acceptors (Lipinski definition) is 19. The first kappa shape index (κ1) is 50.6. The van der Waals surface area contributed by atoms with Crippen molar-refractivity contribution in [2.45, 2.75) is 202 Å². The first-order valence-corrected chi connectivity index (χ1v) is 24.2. The molecule has 0 aromatic carbocycles. The molecule has 11 N–H and O–H groups in total. The number of hydrogen-bond donors (Lipinski definition) is 11. The van der Waals surface area contributed by atoms with Crippen LogP contribution in [-0.2, 0) is 37.9 Å². The van der Waals surface area contributed by atoms with E-state index in [1.54, 1.807) is 7.11 Å². The summed E-state index contributed by atoms with van der Waals surface area (Å²) in [4.78, 5) is 0. The van der Waals surface area contributed by atoms with Gasteiger partial charge in [-0.15, -0.1) is 0 Å². The average Bonchev–Trinajstić information content (AvgIpc) is 3.76. The predicted molar refractivity (Wildman–Crippen MR) is 224 cm³/mol. The molecule has 0 bridgehead atoms. The molecule has 8 aliphatic rings. The second-order valence-corrected chi connectivity index (χ2v) is 21.6. The quantitative estimate of drug-likeness (QED) is 0.0920. The minimum absolute atomic E-state index is 0.0271. The Bertz CT molecular complexity index is 1580. The van der Waals surface area contributed by atoms with Crippen molar-refractivity contribution in [3.05, 3.63) is 0 Å². The Kier molecular flexibility index (Phi) is 15.4. The van der Waals surface area contributed by atoms with Crippen LogP contribution in [0.4, 0.5) is 0 Å². The minimum Gasteiger partial charge on any atom is -0.394 e. The zero-order valence-electron chi connectivity index (χ0n) is 38.4. The highest BCUT2D eigenvalue weighted by molar-refractivity contribution is 5.15. The molecule has 4 saturated carbocycles. The summed E-state index contributed by atoms with van der Waals surface area (Å²) in [6.45, 7) is 7.69.